The lowest BCUT2D eigenvalue weighted by atomic mass is 10.2. The van der Waals surface area contributed by atoms with Crippen molar-refractivity contribution in [3.63, 3.8) is 0 Å². The van der Waals surface area contributed by atoms with Gasteiger partial charge in [0.05, 0.1) is 21.1 Å². The molecule has 1 unspecified atom stereocenters. The Balaban J connectivity index is 1.06. The Hall–Kier alpha value is -3.66. The van der Waals surface area contributed by atoms with Crippen molar-refractivity contribution in [2.24, 2.45) is 11.8 Å². The molecule has 2 fully saturated rings. The van der Waals surface area contributed by atoms with Crippen molar-refractivity contribution in [2.75, 3.05) is 18.0 Å². The number of piperidine rings is 1. The summed E-state index contributed by atoms with van der Waals surface area (Å²) in [5, 5.41) is 4.70. The minimum atomic E-state index is -0.167. The van der Waals surface area contributed by atoms with E-state index in [1.165, 1.54) is 21.3 Å². The fraction of sp³-hybridized carbons (Fsp3) is 0.273. The lowest BCUT2D eigenvalue weighted by Crippen LogP contribution is -2.23. The maximum Gasteiger partial charge on any atom is 0.263 e. The lowest BCUT2D eigenvalue weighted by molar-refractivity contribution is 0.363. The minimum absolute atomic E-state index is 0.167. The van der Waals surface area contributed by atoms with Crippen molar-refractivity contribution in [1.29, 1.82) is 0 Å². The van der Waals surface area contributed by atoms with Gasteiger partial charge in [0.2, 0.25) is 5.89 Å². The van der Waals surface area contributed by atoms with Crippen LogP contribution in [0.15, 0.2) is 57.7 Å². The van der Waals surface area contributed by atoms with Gasteiger partial charge in [-0.3, -0.25) is 9.36 Å². The molecular formula is C22H17N7O2S. The molecule has 0 spiro atoms. The van der Waals surface area contributed by atoms with Gasteiger partial charge in [-0.2, -0.15) is 4.98 Å². The van der Waals surface area contributed by atoms with Gasteiger partial charge in [0.1, 0.15) is 12.9 Å². The monoisotopic (exact) mass is 443 g/mol. The highest BCUT2D eigenvalue weighted by molar-refractivity contribution is 7.16. The molecule has 1 aromatic carbocycles. The van der Waals surface area contributed by atoms with Gasteiger partial charge in [-0.15, -0.1) is 11.3 Å². The SMILES string of the molecule is O=c1c2cccnc2ncn1Cc1nc(C2[C@H]3CN(c4ccc5ncsc5c4)C[C@@H]23)no1. The maximum absolute atomic E-state index is 12.7. The van der Waals surface area contributed by atoms with E-state index in [-0.39, 0.29) is 12.1 Å². The number of hydrogen-bond acceptors (Lipinski definition) is 9. The fourth-order valence-corrected chi connectivity index (χ4v) is 5.60. The Morgan fingerprint density at radius 3 is 2.94 bits per heavy atom. The molecule has 3 atom stereocenters. The maximum atomic E-state index is 12.7. The van der Waals surface area contributed by atoms with Crippen molar-refractivity contribution in [2.45, 2.75) is 12.5 Å². The molecule has 0 radical (unpaired) electrons. The highest BCUT2D eigenvalue weighted by Gasteiger charge is 2.58. The molecule has 9 nitrogen and oxygen atoms in total. The number of benzene rings is 1. The molecule has 32 heavy (non-hydrogen) atoms. The van der Waals surface area contributed by atoms with Crippen LogP contribution in [0, 0.1) is 11.8 Å². The van der Waals surface area contributed by atoms with E-state index in [0.717, 1.165) is 24.4 Å². The van der Waals surface area contributed by atoms with Crippen molar-refractivity contribution >= 4 is 38.3 Å². The van der Waals surface area contributed by atoms with E-state index in [0.29, 0.717) is 34.7 Å². The molecule has 1 aliphatic carbocycles. The first-order chi connectivity index (χ1) is 15.7. The third-order valence-corrected chi connectivity index (χ3v) is 7.35. The second kappa shape index (κ2) is 6.67. The third kappa shape index (κ3) is 2.76. The summed E-state index contributed by atoms with van der Waals surface area (Å²) in [6.07, 6.45) is 3.10. The molecule has 158 valence electrons. The Morgan fingerprint density at radius 1 is 1.12 bits per heavy atom. The summed E-state index contributed by atoms with van der Waals surface area (Å²) >= 11 is 1.67. The van der Waals surface area contributed by atoms with Crippen LogP contribution in [-0.4, -0.2) is 42.7 Å². The normalized spacial score (nSPS) is 22.0. The minimum Gasteiger partial charge on any atom is -0.371 e. The molecule has 0 bridgehead atoms. The van der Waals surface area contributed by atoms with E-state index < -0.39 is 0 Å². The molecule has 1 aliphatic heterocycles. The molecular weight excluding hydrogens is 426 g/mol. The van der Waals surface area contributed by atoms with E-state index in [1.54, 1.807) is 29.7 Å². The zero-order chi connectivity index (χ0) is 21.2. The van der Waals surface area contributed by atoms with E-state index in [2.05, 4.69) is 48.2 Å². The van der Waals surface area contributed by atoms with Crippen LogP contribution in [0.1, 0.15) is 17.6 Å². The number of pyridine rings is 1. The van der Waals surface area contributed by atoms with Crippen LogP contribution in [0.5, 0.6) is 0 Å². The molecule has 2 aliphatic rings. The topological polar surface area (TPSA) is 103 Å². The average molecular weight is 443 g/mol. The molecule has 1 saturated heterocycles. The van der Waals surface area contributed by atoms with Gasteiger partial charge < -0.3 is 9.42 Å². The quantitative estimate of drug-likeness (QED) is 0.418. The van der Waals surface area contributed by atoms with Crippen LogP contribution in [0.2, 0.25) is 0 Å². The summed E-state index contributed by atoms with van der Waals surface area (Å²) in [7, 11) is 0. The highest BCUT2D eigenvalue weighted by Crippen LogP contribution is 2.58. The van der Waals surface area contributed by atoms with Crippen LogP contribution in [0.3, 0.4) is 0 Å². The van der Waals surface area contributed by atoms with Crippen molar-refractivity contribution in [3.8, 4) is 0 Å². The molecule has 10 heteroatoms. The Kier molecular flexibility index (Phi) is 3.74. The largest absolute Gasteiger partial charge is 0.371 e. The molecule has 7 rings (SSSR count). The van der Waals surface area contributed by atoms with Gasteiger partial charge in [0.15, 0.2) is 11.5 Å². The van der Waals surface area contributed by atoms with Gasteiger partial charge in [-0.25, -0.2) is 15.0 Å². The molecule has 4 aromatic heterocycles. The second-order valence-electron chi connectivity index (χ2n) is 8.36. The smallest absolute Gasteiger partial charge is 0.263 e. The summed E-state index contributed by atoms with van der Waals surface area (Å²) in [4.78, 5) is 32.4. The third-order valence-electron chi connectivity index (χ3n) is 6.56. The number of aromatic nitrogens is 6. The van der Waals surface area contributed by atoms with Crippen LogP contribution in [-0.2, 0) is 6.54 Å². The first-order valence-electron chi connectivity index (χ1n) is 10.5. The lowest BCUT2D eigenvalue weighted by Gasteiger charge is -2.21. The van der Waals surface area contributed by atoms with E-state index >= 15 is 0 Å². The van der Waals surface area contributed by atoms with Gasteiger partial charge in [0, 0.05) is 30.9 Å². The van der Waals surface area contributed by atoms with Crippen molar-refractivity contribution < 1.29 is 4.52 Å². The van der Waals surface area contributed by atoms with E-state index in [4.69, 9.17) is 4.52 Å². The molecule has 0 amide bonds. The summed E-state index contributed by atoms with van der Waals surface area (Å²) in [5.41, 5.74) is 4.46. The van der Waals surface area contributed by atoms with Crippen molar-refractivity contribution in [1.82, 2.24) is 29.7 Å². The Morgan fingerprint density at radius 2 is 2.03 bits per heavy atom. The number of fused-ring (bicyclic) bond motifs is 3. The van der Waals surface area contributed by atoms with Crippen LogP contribution in [0.25, 0.3) is 21.3 Å². The Bertz CT molecular complexity index is 1530. The average Bonchev–Trinajstić information content (AvgIpc) is 3.30. The second-order valence-corrected chi connectivity index (χ2v) is 9.25. The predicted molar refractivity (Wildman–Crippen MR) is 119 cm³/mol. The number of hydrogen-bond donors (Lipinski definition) is 0. The first kappa shape index (κ1) is 18.0. The standard InChI is InChI=1S/C22H17N7O2S/c30-22-13-2-1-5-23-20(13)24-10-29(22)9-18-26-21(27-31-18)19-14-7-28(8-15(14)19)12-3-4-16-17(6-12)32-11-25-16/h1-6,10-11,14-15,19H,7-9H2/t14-,15+,19?. The number of anilines is 1. The van der Waals surface area contributed by atoms with Crippen LogP contribution >= 0.6 is 11.3 Å². The fourth-order valence-electron chi connectivity index (χ4n) is 4.88. The Labute approximate surface area is 185 Å². The zero-order valence-electron chi connectivity index (χ0n) is 16.8. The van der Waals surface area contributed by atoms with Crippen LogP contribution < -0.4 is 10.5 Å². The summed E-state index contributed by atoms with van der Waals surface area (Å²) in [6, 6.07) is 9.92. The predicted octanol–water partition coefficient (Wildman–Crippen LogP) is 2.68. The number of nitrogens with zero attached hydrogens (tertiary/aromatic N) is 7. The van der Waals surface area contributed by atoms with E-state index in [1.807, 2.05) is 5.51 Å². The molecule has 5 aromatic rings. The van der Waals surface area contributed by atoms with Crippen molar-refractivity contribution in [3.05, 3.63) is 70.4 Å². The first-order valence-corrected chi connectivity index (χ1v) is 11.3. The van der Waals surface area contributed by atoms with Gasteiger partial charge in [-0.1, -0.05) is 5.16 Å². The van der Waals surface area contributed by atoms with E-state index in [9.17, 15) is 4.79 Å². The van der Waals surface area contributed by atoms with Gasteiger partial charge in [0.25, 0.3) is 5.56 Å². The summed E-state index contributed by atoms with van der Waals surface area (Å²) in [5.74, 6) is 2.56. The zero-order valence-corrected chi connectivity index (χ0v) is 17.6. The number of rotatable bonds is 4. The van der Waals surface area contributed by atoms with Gasteiger partial charge >= 0.3 is 0 Å². The summed E-state index contributed by atoms with van der Waals surface area (Å²) < 4.78 is 8.17. The molecule has 5 heterocycles. The highest BCUT2D eigenvalue weighted by atomic mass is 32.1. The molecule has 0 N–H and O–H groups in total. The number of thiazole rings is 1. The molecule has 1 saturated carbocycles. The van der Waals surface area contributed by atoms with Crippen LogP contribution in [0.4, 0.5) is 5.69 Å². The van der Waals surface area contributed by atoms with Gasteiger partial charge in [-0.05, 0) is 42.2 Å². The summed E-state index contributed by atoms with van der Waals surface area (Å²) in [6.45, 7) is 2.18.